The summed E-state index contributed by atoms with van der Waals surface area (Å²) >= 11 is 0. The number of benzene rings is 2. The highest BCUT2D eigenvalue weighted by Gasteiger charge is 2.26. The van der Waals surface area contributed by atoms with Crippen LogP contribution in [0.3, 0.4) is 0 Å². The number of amides is 2. The van der Waals surface area contributed by atoms with E-state index in [0.29, 0.717) is 37.1 Å². The second-order valence-corrected chi connectivity index (χ2v) is 6.43. The quantitative estimate of drug-likeness (QED) is 0.749. The van der Waals surface area contributed by atoms with E-state index in [2.05, 4.69) is 10.6 Å². The van der Waals surface area contributed by atoms with Gasteiger partial charge in [-0.3, -0.25) is 4.79 Å². The van der Waals surface area contributed by atoms with E-state index in [1.807, 2.05) is 42.5 Å². The Kier molecular flexibility index (Phi) is 5.73. The molecule has 0 heterocycles. The zero-order valence-corrected chi connectivity index (χ0v) is 14.4. The van der Waals surface area contributed by atoms with E-state index in [1.165, 1.54) is 0 Å². The molecule has 0 radical (unpaired) electrons. The van der Waals surface area contributed by atoms with Gasteiger partial charge in [-0.15, -0.1) is 0 Å². The van der Waals surface area contributed by atoms with E-state index in [1.54, 1.807) is 12.1 Å². The van der Waals surface area contributed by atoms with Gasteiger partial charge in [-0.2, -0.15) is 0 Å². The number of carbonyl (C=O) groups is 2. The summed E-state index contributed by atoms with van der Waals surface area (Å²) in [6.45, 7) is 0. The number of anilines is 1. The largest absolute Gasteiger partial charge is 0.481 e. The molecule has 3 N–H and O–H groups in total. The predicted octanol–water partition coefficient (Wildman–Crippen LogP) is 4.24. The van der Waals surface area contributed by atoms with E-state index in [4.69, 9.17) is 9.84 Å². The van der Waals surface area contributed by atoms with Crippen molar-refractivity contribution in [3.8, 4) is 11.5 Å². The highest BCUT2D eigenvalue weighted by molar-refractivity contribution is 5.89. The molecular weight excluding hydrogens is 332 g/mol. The Labute approximate surface area is 152 Å². The number of para-hydroxylation sites is 1. The molecule has 1 aliphatic rings. The van der Waals surface area contributed by atoms with Gasteiger partial charge in [0.2, 0.25) is 0 Å². The number of nitrogens with one attached hydrogen (secondary N) is 2. The summed E-state index contributed by atoms with van der Waals surface area (Å²) in [5.74, 6) is 0.325. The number of rotatable bonds is 5. The fraction of sp³-hybridized carbons (Fsp3) is 0.300. The number of aliphatic carboxylic acids is 1. The zero-order chi connectivity index (χ0) is 18.4. The molecule has 0 saturated heterocycles. The molecule has 0 aromatic heterocycles. The van der Waals surface area contributed by atoms with Crippen molar-refractivity contribution in [2.75, 3.05) is 5.32 Å². The Morgan fingerprint density at radius 2 is 1.62 bits per heavy atom. The Morgan fingerprint density at radius 3 is 2.31 bits per heavy atom. The van der Waals surface area contributed by atoms with Crippen molar-refractivity contribution in [3.63, 3.8) is 0 Å². The van der Waals surface area contributed by atoms with Crippen LogP contribution < -0.4 is 15.4 Å². The van der Waals surface area contributed by atoms with Crippen LogP contribution in [-0.4, -0.2) is 23.1 Å². The number of hydrogen-bond donors (Lipinski definition) is 3. The average Bonchev–Trinajstić information content (AvgIpc) is 2.63. The summed E-state index contributed by atoms with van der Waals surface area (Å²) in [7, 11) is 0. The second-order valence-electron chi connectivity index (χ2n) is 6.43. The van der Waals surface area contributed by atoms with Crippen LogP contribution in [-0.2, 0) is 4.79 Å². The topological polar surface area (TPSA) is 87.7 Å². The molecule has 0 bridgehead atoms. The monoisotopic (exact) mass is 354 g/mol. The first-order valence-corrected chi connectivity index (χ1v) is 8.73. The maximum atomic E-state index is 12.2. The van der Waals surface area contributed by atoms with Gasteiger partial charge in [-0.05, 0) is 49.9 Å². The van der Waals surface area contributed by atoms with Gasteiger partial charge in [0, 0.05) is 17.8 Å². The highest BCUT2D eigenvalue weighted by atomic mass is 16.5. The van der Waals surface area contributed by atoms with E-state index in [9.17, 15) is 9.59 Å². The van der Waals surface area contributed by atoms with Crippen LogP contribution in [0.5, 0.6) is 11.5 Å². The Balaban J connectivity index is 1.52. The lowest BCUT2D eigenvalue weighted by Gasteiger charge is -2.26. The van der Waals surface area contributed by atoms with Gasteiger partial charge in [0.05, 0.1) is 5.92 Å². The molecule has 26 heavy (non-hydrogen) atoms. The molecule has 2 amide bonds. The van der Waals surface area contributed by atoms with E-state index in [0.717, 1.165) is 5.75 Å². The maximum Gasteiger partial charge on any atom is 0.319 e. The summed E-state index contributed by atoms with van der Waals surface area (Å²) in [5, 5.41) is 14.7. The van der Waals surface area contributed by atoms with Crippen LogP contribution in [0, 0.1) is 5.92 Å². The average molecular weight is 354 g/mol. The Morgan fingerprint density at radius 1 is 0.923 bits per heavy atom. The third-order valence-corrected chi connectivity index (χ3v) is 4.48. The molecule has 0 spiro atoms. The fourth-order valence-corrected chi connectivity index (χ4v) is 3.10. The molecule has 3 rings (SSSR count). The third-order valence-electron chi connectivity index (χ3n) is 4.48. The number of carboxylic acids is 1. The van der Waals surface area contributed by atoms with Crippen LogP contribution >= 0.6 is 0 Å². The van der Waals surface area contributed by atoms with Gasteiger partial charge in [0.25, 0.3) is 0 Å². The fourth-order valence-electron chi connectivity index (χ4n) is 3.10. The van der Waals surface area contributed by atoms with Gasteiger partial charge in [-0.1, -0.05) is 24.3 Å². The molecule has 1 fully saturated rings. The molecular formula is C20H22N2O4. The molecule has 2 aromatic carbocycles. The number of carboxylic acid groups (broad SMARTS) is 1. The molecule has 0 atom stereocenters. The first kappa shape index (κ1) is 17.8. The molecule has 1 saturated carbocycles. The number of carbonyl (C=O) groups excluding carboxylic acids is 1. The van der Waals surface area contributed by atoms with E-state index in [-0.39, 0.29) is 18.0 Å². The van der Waals surface area contributed by atoms with Crippen molar-refractivity contribution in [2.45, 2.75) is 31.7 Å². The normalized spacial score (nSPS) is 19.4. The molecule has 136 valence electrons. The standard InChI is InChI=1S/C20H22N2O4/c23-19(24)14-9-11-15(12-10-14)21-20(25)22-16-5-4-8-18(13-16)26-17-6-2-1-3-7-17/h1-8,13-15H,9-12H2,(H,23,24)(H2,21,22,25). The minimum atomic E-state index is -0.747. The van der Waals surface area contributed by atoms with Crippen LogP contribution in [0.4, 0.5) is 10.5 Å². The van der Waals surface area contributed by atoms with Crippen molar-refractivity contribution in [1.82, 2.24) is 5.32 Å². The van der Waals surface area contributed by atoms with Crippen LogP contribution in [0.2, 0.25) is 0 Å². The highest BCUT2D eigenvalue weighted by Crippen LogP contribution is 2.25. The molecule has 6 heteroatoms. The van der Waals surface area contributed by atoms with E-state index >= 15 is 0 Å². The van der Waals surface area contributed by atoms with Gasteiger partial charge >= 0.3 is 12.0 Å². The molecule has 0 aliphatic heterocycles. The van der Waals surface area contributed by atoms with Crippen molar-refractivity contribution in [1.29, 1.82) is 0 Å². The summed E-state index contributed by atoms with van der Waals surface area (Å²) in [5.41, 5.74) is 0.634. The molecule has 6 nitrogen and oxygen atoms in total. The zero-order valence-electron chi connectivity index (χ0n) is 14.4. The minimum Gasteiger partial charge on any atom is -0.481 e. The minimum absolute atomic E-state index is 0.00866. The first-order chi connectivity index (χ1) is 12.6. The van der Waals surface area contributed by atoms with Gasteiger partial charge < -0.3 is 20.5 Å². The van der Waals surface area contributed by atoms with Gasteiger partial charge in [-0.25, -0.2) is 4.79 Å². The van der Waals surface area contributed by atoms with Gasteiger partial charge in [0.1, 0.15) is 11.5 Å². The van der Waals surface area contributed by atoms with Crippen molar-refractivity contribution >= 4 is 17.7 Å². The lowest BCUT2D eigenvalue weighted by molar-refractivity contribution is -0.142. The van der Waals surface area contributed by atoms with Crippen molar-refractivity contribution in [3.05, 3.63) is 54.6 Å². The summed E-state index contributed by atoms with van der Waals surface area (Å²) in [6.07, 6.45) is 2.56. The summed E-state index contributed by atoms with van der Waals surface area (Å²) in [4.78, 5) is 23.2. The maximum absolute atomic E-state index is 12.2. The number of urea groups is 1. The Hall–Kier alpha value is -3.02. The first-order valence-electron chi connectivity index (χ1n) is 8.73. The molecule has 0 unspecified atom stereocenters. The third kappa shape index (κ3) is 4.99. The predicted molar refractivity (Wildman–Crippen MR) is 98.5 cm³/mol. The SMILES string of the molecule is O=C(Nc1cccc(Oc2ccccc2)c1)NC1CCC(C(=O)O)CC1. The lowest BCUT2D eigenvalue weighted by atomic mass is 9.86. The Bertz CT molecular complexity index is 755. The van der Waals surface area contributed by atoms with Crippen LogP contribution in [0.15, 0.2) is 54.6 Å². The smallest absolute Gasteiger partial charge is 0.319 e. The molecule has 1 aliphatic carbocycles. The van der Waals surface area contributed by atoms with Crippen molar-refractivity contribution < 1.29 is 19.4 Å². The number of hydrogen-bond acceptors (Lipinski definition) is 3. The van der Waals surface area contributed by atoms with Crippen molar-refractivity contribution in [2.24, 2.45) is 5.92 Å². The summed E-state index contributed by atoms with van der Waals surface area (Å²) < 4.78 is 5.76. The lowest BCUT2D eigenvalue weighted by Crippen LogP contribution is -2.40. The van der Waals surface area contributed by atoms with Crippen LogP contribution in [0.1, 0.15) is 25.7 Å². The van der Waals surface area contributed by atoms with E-state index < -0.39 is 5.97 Å². The van der Waals surface area contributed by atoms with Crippen LogP contribution in [0.25, 0.3) is 0 Å². The summed E-state index contributed by atoms with van der Waals surface area (Å²) in [6, 6.07) is 16.3. The second kappa shape index (κ2) is 8.38. The molecule has 2 aromatic rings. The van der Waals surface area contributed by atoms with Gasteiger partial charge in [0.15, 0.2) is 0 Å². The number of ether oxygens (including phenoxy) is 1.